The highest BCUT2D eigenvalue weighted by Gasteiger charge is 2.28. The molecular weight excluding hydrogens is 368 g/mol. The van der Waals surface area contributed by atoms with Crippen LogP contribution in [0.1, 0.15) is 29.8 Å². The number of rotatable bonds is 3. The maximum Gasteiger partial charge on any atom is 0.256 e. The number of hydrogen-bond donors (Lipinski definition) is 1. The number of para-hydroxylation sites is 2. The van der Waals surface area contributed by atoms with Gasteiger partial charge in [0, 0.05) is 18.7 Å². The molecule has 1 saturated heterocycles. The van der Waals surface area contributed by atoms with Crippen LogP contribution in [0, 0.1) is 0 Å². The van der Waals surface area contributed by atoms with Crippen LogP contribution in [0.4, 0.5) is 5.69 Å². The number of nitrogens with zero attached hydrogens (tertiary/aromatic N) is 1. The van der Waals surface area contributed by atoms with Crippen molar-refractivity contribution in [3.63, 3.8) is 0 Å². The molecule has 2 atom stereocenters. The largest absolute Gasteiger partial charge is 0.488 e. The number of ether oxygens (including phenoxy) is 2. The minimum absolute atomic E-state index is 0.0194. The van der Waals surface area contributed by atoms with E-state index in [0.29, 0.717) is 29.9 Å². The first-order valence-electron chi connectivity index (χ1n) is 9.79. The maximum atomic E-state index is 13.1. The van der Waals surface area contributed by atoms with E-state index in [4.69, 9.17) is 9.47 Å². The number of carbonyl (C=O) groups is 2. The Hall–Kier alpha value is -3.12. The van der Waals surface area contributed by atoms with Gasteiger partial charge in [-0.2, -0.15) is 0 Å². The minimum Gasteiger partial charge on any atom is -0.488 e. The van der Waals surface area contributed by atoms with Crippen LogP contribution in [0.5, 0.6) is 5.75 Å². The standard InChI is InChI=1S/C23H24N2O4/c1-15-12-25(13-16(2)29-15)23(27)19-8-4-5-9-20(19)24-22(26)18-11-17-7-3-6-10-21(17)28-14-18/h3-11,15-16H,12-14H2,1-2H3,(H,24,26). The normalized spacial score (nSPS) is 20.9. The van der Waals surface area contributed by atoms with Crippen molar-refractivity contribution in [1.29, 1.82) is 0 Å². The van der Waals surface area contributed by atoms with Crippen molar-refractivity contribution >= 4 is 23.6 Å². The van der Waals surface area contributed by atoms with Crippen LogP contribution in [-0.4, -0.2) is 48.6 Å². The zero-order valence-corrected chi connectivity index (χ0v) is 16.6. The molecule has 0 saturated carbocycles. The summed E-state index contributed by atoms with van der Waals surface area (Å²) in [4.78, 5) is 27.7. The summed E-state index contributed by atoms with van der Waals surface area (Å²) in [7, 11) is 0. The summed E-state index contributed by atoms with van der Waals surface area (Å²) in [6.07, 6.45) is 1.78. The van der Waals surface area contributed by atoms with Crippen molar-refractivity contribution in [3.8, 4) is 5.75 Å². The Bertz CT molecular complexity index is 959. The highest BCUT2D eigenvalue weighted by Crippen LogP contribution is 2.27. The molecule has 2 unspecified atom stereocenters. The molecule has 1 N–H and O–H groups in total. The molecule has 150 valence electrons. The van der Waals surface area contributed by atoms with Gasteiger partial charge in [-0.15, -0.1) is 0 Å². The van der Waals surface area contributed by atoms with Crippen LogP contribution in [0.15, 0.2) is 54.1 Å². The number of hydrogen-bond acceptors (Lipinski definition) is 4. The van der Waals surface area contributed by atoms with Gasteiger partial charge in [-0.25, -0.2) is 0 Å². The summed E-state index contributed by atoms with van der Waals surface area (Å²) in [5.41, 5.74) is 2.35. The number of benzene rings is 2. The molecule has 6 nitrogen and oxygen atoms in total. The lowest BCUT2D eigenvalue weighted by Gasteiger charge is -2.35. The van der Waals surface area contributed by atoms with Crippen LogP contribution in [0.25, 0.3) is 6.08 Å². The van der Waals surface area contributed by atoms with E-state index < -0.39 is 0 Å². The van der Waals surface area contributed by atoms with Gasteiger partial charge in [-0.1, -0.05) is 30.3 Å². The van der Waals surface area contributed by atoms with Gasteiger partial charge in [-0.05, 0) is 38.1 Å². The fourth-order valence-electron chi connectivity index (χ4n) is 3.74. The fraction of sp³-hybridized carbons (Fsp3) is 0.304. The van der Waals surface area contributed by atoms with Crippen molar-refractivity contribution in [2.45, 2.75) is 26.1 Å². The second-order valence-corrected chi connectivity index (χ2v) is 7.46. The van der Waals surface area contributed by atoms with Crippen LogP contribution in [0.2, 0.25) is 0 Å². The van der Waals surface area contributed by atoms with E-state index in [2.05, 4.69) is 5.32 Å². The van der Waals surface area contributed by atoms with E-state index in [0.717, 1.165) is 11.3 Å². The average molecular weight is 392 g/mol. The van der Waals surface area contributed by atoms with Crippen LogP contribution < -0.4 is 10.1 Å². The molecule has 2 heterocycles. The molecule has 0 aliphatic carbocycles. The van der Waals surface area contributed by atoms with E-state index in [-0.39, 0.29) is 30.6 Å². The molecule has 2 amide bonds. The third-order valence-electron chi connectivity index (χ3n) is 5.04. The average Bonchev–Trinajstić information content (AvgIpc) is 2.72. The predicted octanol–water partition coefficient (Wildman–Crippen LogP) is 3.35. The van der Waals surface area contributed by atoms with Crippen LogP contribution in [-0.2, 0) is 9.53 Å². The first-order chi connectivity index (χ1) is 14.0. The Morgan fingerprint density at radius 3 is 2.48 bits per heavy atom. The number of carbonyl (C=O) groups excluding carboxylic acids is 2. The molecule has 0 bridgehead atoms. The topological polar surface area (TPSA) is 67.9 Å². The lowest BCUT2D eigenvalue weighted by molar-refractivity contribution is -0.113. The van der Waals surface area contributed by atoms with E-state index in [1.54, 1.807) is 29.2 Å². The molecular formula is C23H24N2O4. The number of fused-ring (bicyclic) bond motifs is 1. The molecule has 2 aliphatic rings. The smallest absolute Gasteiger partial charge is 0.256 e. The molecule has 6 heteroatoms. The summed E-state index contributed by atoms with van der Waals surface area (Å²) in [5, 5.41) is 2.89. The minimum atomic E-state index is -0.275. The second-order valence-electron chi connectivity index (χ2n) is 7.46. The van der Waals surface area contributed by atoms with Crippen molar-refractivity contribution in [1.82, 2.24) is 4.90 Å². The third kappa shape index (κ3) is 4.17. The zero-order valence-electron chi connectivity index (χ0n) is 16.6. The predicted molar refractivity (Wildman–Crippen MR) is 111 cm³/mol. The van der Waals surface area contributed by atoms with Gasteiger partial charge < -0.3 is 19.7 Å². The summed E-state index contributed by atoms with van der Waals surface area (Å²) >= 11 is 0. The van der Waals surface area contributed by atoms with Gasteiger partial charge in [0.2, 0.25) is 0 Å². The molecule has 2 aromatic rings. The van der Waals surface area contributed by atoms with E-state index in [1.807, 2.05) is 44.2 Å². The van der Waals surface area contributed by atoms with Crippen molar-refractivity contribution in [3.05, 3.63) is 65.2 Å². The van der Waals surface area contributed by atoms with Gasteiger partial charge in [0.05, 0.1) is 29.0 Å². The summed E-state index contributed by atoms with van der Waals surface area (Å²) in [6.45, 7) is 5.16. The fourth-order valence-corrected chi connectivity index (χ4v) is 3.74. The van der Waals surface area contributed by atoms with Gasteiger partial charge >= 0.3 is 0 Å². The number of morpholine rings is 1. The molecule has 0 radical (unpaired) electrons. The number of anilines is 1. The Balaban J connectivity index is 1.54. The Morgan fingerprint density at radius 1 is 1.00 bits per heavy atom. The van der Waals surface area contributed by atoms with Gasteiger partial charge in [0.15, 0.2) is 0 Å². The lowest BCUT2D eigenvalue weighted by atomic mass is 10.1. The first-order valence-corrected chi connectivity index (χ1v) is 9.79. The Kier molecular flexibility index (Phi) is 5.36. The molecule has 1 fully saturated rings. The third-order valence-corrected chi connectivity index (χ3v) is 5.04. The quantitative estimate of drug-likeness (QED) is 0.870. The van der Waals surface area contributed by atoms with E-state index in [9.17, 15) is 9.59 Å². The van der Waals surface area contributed by atoms with Crippen LogP contribution in [0.3, 0.4) is 0 Å². The van der Waals surface area contributed by atoms with Crippen molar-refractivity contribution in [2.24, 2.45) is 0 Å². The highest BCUT2D eigenvalue weighted by molar-refractivity contribution is 6.11. The molecule has 4 rings (SSSR count). The summed E-state index contributed by atoms with van der Waals surface area (Å²) in [6, 6.07) is 14.7. The van der Waals surface area contributed by atoms with E-state index in [1.165, 1.54) is 0 Å². The second kappa shape index (κ2) is 8.09. The highest BCUT2D eigenvalue weighted by atomic mass is 16.5. The van der Waals surface area contributed by atoms with E-state index >= 15 is 0 Å². The van der Waals surface area contributed by atoms with Gasteiger partial charge in [-0.3, -0.25) is 9.59 Å². The molecule has 0 aromatic heterocycles. The molecule has 2 aliphatic heterocycles. The lowest BCUT2D eigenvalue weighted by Crippen LogP contribution is -2.48. The summed E-state index contributed by atoms with van der Waals surface area (Å²) in [5.74, 6) is 0.376. The van der Waals surface area contributed by atoms with Crippen LogP contribution >= 0.6 is 0 Å². The van der Waals surface area contributed by atoms with Gasteiger partial charge in [0.25, 0.3) is 11.8 Å². The number of nitrogens with one attached hydrogen (secondary N) is 1. The molecule has 0 spiro atoms. The number of amides is 2. The Labute approximate surface area is 170 Å². The van der Waals surface area contributed by atoms with Crippen molar-refractivity contribution < 1.29 is 19.1 Å². The van der Waals surface area contributed by atoms with Crippen molar-refractivity contribution in [2.75, 3.05) is 25.0 Å². The SMILES string of the molecule is CC1CN(C(=O)c2ccccc2NC(=O)C2=Cc3ccccc3OC2)CC(C)O1. The van der Waals surface area contributed by atoms with Gasteiger partial charge in [0.1, 0.15) is 12.4 Å². The monoisotopic (exact) mass is 392 g/mol. The first kappa shape index (κ1) is 19.2. The Morgan fingerprint density at radius 2 is 1.69 bits per heavy atom. The maximum absolute atomic E-state index is 13.1. The molecule has 2 aromatic carbocycles. The zero-order chi connectivity index (χ0) is 20.4. The molecule has 29 heavy (non-hydrogen) atoms. The summed E-state index contributed by atoms with van der Waals surface area (Å²) < 4.78 is 11.4.